The molecule has 4 heterocycles. The second-order valence-corrected chi connectivity index (χ2v) is 9.94. The lowest BCUT2D eigenvalue weighted by molar-refractivity contribution is -0.155. The summed E-state index contributed by atoms with van der Waals surface area (Å²) in [5.41, 5.74) is 2.61. The van der Waals surface area contributed by atoms with Crippen molar-refractivity contribution in [3.63, 3.8) is 0 Å². The summed E-state index contributed by atoms with van der Waals surface area (Å²) in [6.45, 7) is 7.46. The third-order valence-corrected chi connectivity index (χ3v) is 5.93. The molecule has 0 spiro atoms. The summed E-state index contributed by atoms with van der Waals surface area (Å²) in [6, 6.07) is 6.30. The fraction of sp³-hybridized carbons (Fsp3) is 0.500. The van der Waals surface area contributed by atoms with Gasteiger partial charge in [0, 0.05) is 36.4 Å². The van der Waals surface area contributed by atoms with Gasteiger partial charge in [0.15, 0.2) is 0 Å². The molecule has 0 radical (unpaired) electrons. The topological polar surface area (TPSA) is 94.8 Å². The molecular weight excluding hydrogens is 428 g/mol. The predicted octanol–water partition coefficient (Wildman–Crippen LogP) is 4.45. The predicted molar refractivity (Wildman–Crippen MR) is 131 cm³/mol. The quantitative estimate of drug-likeness (QED) is 0.494. The first-order valence-corrected chi connectivity index (χ1v) is 12.0. The van der Waals surface area contributed by atoms with Crippen molar-refractivity contribution in [3.8, 4) is 0 Å². The maximum absolute atomic E-state index is 12.6. The summed E-state index contributed by atoms with van der Waals surface area (Å²) in [5.74, 6) is 1.44. The molecule has 0 amide bonds. The molecular formula is C26H34N6O2. The highest BCUT2D eigenvalue weighted by molar-refractivity contribution is 5.71. The number of carbonyl (C=O) groups excluding carboxylic acids is 1. The van der Waals surface area contributed by atoms with E-state index in [0.717, 1.165) is 49.2 Å². The molecule has 8 nitrogen and oxygen atoms in total. The van der Waals surface area contributed by atoms with Gasteiger partial charge in [-0.25, -0.2) is 15.0 Å². The van der Waals surface area contributed by atoms with Crippen molar-refractivity contribution in [3.05, 3.63) is 65.6 Å². The van der Waals surface area contributed by atoms with Gasteiger partial charge in [-0.05, 0) is 77.5 Å². The maximum atomic E-state index is 12.6. The molecule has 4 rings (SSSR count). The number of hydrogen-bond donors (Lipinski definition) is 1. The van der Waals surface area contributed by atoms with E-state index < -0.39 is 5.60 Å². The molecule has 34 heavy (non-hydrogen) atoms. The molecule has 0 aromatic carbocycles. The van der Waals surface area contributed by atoms with Crippen LogP contribution in [0, 0.1) is 6.92 Å². The van der Waals surface area contributed by atoms with Crippen molar-refractivity contribution >= 4 is 11.8 Å². The molecule has 0 saturated carbocycles. The molecule has 1 aliphatic rings. The molecule has 8 heteroatoms. The van der Waals surface area contributed by atoms with E-state index in [2.05, 4.69) is 26.3 Å². The van der Waals surface area contributed by atoms with Gasteiger partial charge >= 0.3 is 5.97 Å². The van der Waals surface area contributed by atoms with Crippen LogP contribution >= 0.6 is 0 Å². The van der Waals surface area contributed by atoms with Gasteiger partial charge in [-0.2, -0.15) is 5.10 Å². The Labute approximate surface area is 201 Å². The zero-order chi connectivity index (χ0) is 24.1. The zero-order valence-corrected chi connectivity index (χ0v) is 20.5. The Morgan fingerprint density at radius 2 is 2.03 bits per heavy atom. The summed E-state index contributed by atoms with van der Waals surface area (Å²) in [4.78, 5) is 25.7. The Kier molecular flexibility index (Phi) is 7.24. The highest BCUT2D eigenvalue weighted by atomic mass is 16.6. The first kappa shape index (κ1) is 23.9. The summed E-state index contributed by atoms with van der Waals surface area (Å²) in [6.07, 6.45) is 12.6. The molecule has 0 saturated heterocycles. The molecule has 1 N–H and O–H groups in total. The molecule has 3 aromatic heterocycles. The fourth-order valence-corrected chi connectivity index (χ4v) is 4.28. The molecule has 180 valence electrons. The monoisotopic (exact) mass is 462 g/mol. The number of ether oxygens (including phenoxy) is 1. The third-order valence-electron chi connectivity index (χ3n) is 5.93. The first-order valence-electron chi connectivity index (χ1n) is 12.0. The number of nitrogens with one attached hydrogen (secondary N) is 1. The lowest BCUT2D eigenvalue weighted by Gasteiger charge is -2.25. The van der Waals surface area contributed by atoms with Crippen molar-refractivity contribution in [1.29, 1.82) is 0 Å². The van der Waals surface area contributed by atoms with E-state index >= 15 is 0 Å². The minimum absolute atomic E-state index is 0.170. The van der Waals surface area contributed by atoms with E-state index in [1.807, 2.05) is 56.9 Å². The normalized spacial score (nSPS) is 16.4. The van der Waals surface area contributed by atoms with Crippen LogP contribution in [0.2, 0.25) is 0 Å². The van der Waals surface area contributed by atoms with Gasteiger partial charge in [-0.15, -0.1) is 0 Å². The van der Waals surface area contributed by atoms with Crippen LogP contribution in [0.3, 0.4) is 0 Å². The average molecular weight is 463 g/mol. The number of aryl methyl sites for hydroxylation is 3. The van der Waals surface area contributed by atoms with Gasteiger partial charge in [0.2, 0.25) is 0 Å². The number of fused-ring (bicyclic) bond motifs is 1. The van der Waals surface area contributed by atoms with Crippen molar-refractivity contribution in [2.75, 3.05) is 5.32 Å². The third kappa shape index (κ3) is 6.40. The number of anilines is 1. The number of nitrogens with zero attached hydrogens (tertiary/aromatic N) is 5. The number of esters is 1. The van der Waals surface area contributed by atoms with Crippen molar-refractivity contribution in [2.45, 2.75) is 83.9 Å². The zero-order valence-electron chi connectivity index (χ0n) is 20.5. The van der Waals surface area contributed by atoms with E-state index in [1.165, 1.54) is 5.56 Å². The Morgan fingerprint density at radius 3 is 2.79 bits per heavy atom. The van der Waals surface area contributed by atoms with Gasteiger partial charge in [-0.3, -0.25) is 9.48 Å². The van der Waals surface area contributed by atoms with Crippen LogP contribution in [-0.2, 0) is 22.4 Å². The van der Waals surface area contributed by atoms with E-state index in [0.29, 0.717) is 11.9 Å². The number of carbonyl (C=O) groups is 1. The van der Waals surface area contributed by atoms with Crippen LogP contribution < -0.4 is 5.32 Å². The highest BCUT2D eigenvalue weighted by Gasteiger charge is 2.24. The smallest absolute Gasteiger partial charge is 0.308 e. The lowest BCUT2D eigenvalue weighted by atomic mass is 9.97. The number of aromatic nitrogens is 5. The maximum Gasteiger partial charge on any atom is 0.308 e. The van der Waals surface area contributed by atoms with E-state index in [4.69, 9.17) is 9.84 Å². The molecule has 3 aromatic rings. The first-order chi connectivity index (χ1) is 16.3. The van der Waals surface area contributed by atoms with Gasteiger partial charge < -0.3 is 10.1 Å². The standard InChI is InChI=1S/C26H34N6O2/c1-18-28-16-20(17-29-18)23(15-24(33)34-26(2,3)4)32-14-12-22(31-32)9-5-8-21-11-10-19-7-6-13-27-25(19)30-21/h6-7,12-14,16-17,21,23H,5,8-11,15H2,1-4H3,(H,27,30). The average Bonchev–Trinajstić information content (AvgIpc) is 3.25. The second-order valence-electron chi connectivity index (χ2n) is 9.94. The number of hydrogen-bond acceptors (Lipinski definition) is 7. The molecule has 1 aliphatic heterocycles. The second kappa shape index (κ2) is 10.3. The Balaban J connectivity index is 1.38. The Bertz CT molecular complexity index is 1100. The minimum Gasteiger partial charge on any atom is -0.460 e. The van der Waals surface area contributed by atoms with Gasteiger partial charge in [-0.1, -0.05) is 6.07 Å². The van der Waals surface area contributed by atoms with Crippen molar-refractivity contribution < 1.29 is 9.53 Å². The highest BCUT2D eigenvalue weighted by Crippen LogP contribution is 2.25. The SMILES string of the molecule is Cc1ncc(C(CC(=O)OC(C)(C)C)n2ccc(CCCC3CCc4cccnc4N3)n2)cn1. The van der Waals surface area contributed by atoms with Crippen LogP contribution in [0.25, 0.3) is 0 Å². The van der Waals surface area contributed by atoms with Crippen molar-refractivity contribution in [2.24, 2.45) is 0 Å². The van der Waals surface area contributed by atoms with Gasteiger partial charge in [0.25, 0.3) is 0 Å². The lowest BCUT2D eigenvalue weighted by Crippen LogP contribution is -2.26. The van der Waals surface area contributed by atoms with Gasteiger partial charge in [0.05, 0.1) is 18.2 Å². The van der Waals surface area contributed by atoms with Crippen LogP contribution in [0.15, 0.2) is 43.0 Å². The number of pyridine rings is 1. The largest absolute Gasteiger partial charge is 0.460 e. The summed E-state index contributed by atoms with van der Waals surface area (Å²) >= 11 is 0. The number of rotatable bonds is 8. The molecule has 0 fully saturated rings. The van der Waals surface area contributed by atoms with E-state index in [1.54, 1.807) is 12.4 Å². The molecule has 2 unspecified atom stereocenters. The van der Waals surface area contributed by atoms with Crippen molar-refractivity contribution in [1.82, 2.24) is 24.7 Å². The van der Waals surface area contributed by atoms with E-state index in [9.17, 15) is 4.79 Å². The van der Waals surface area contributed by atoms with Crippen LogP contribution in [0.4, 0.5) is 5.82 Å². The van der Waals surface area contributed by atoms with Crippen LogP contribution in [0.5, 0.6) is 0 Å². The summed E-state index contributed by atoms with van der Waals surface area (Å²) < 4.78 is 7.41. The summed E-state index contributed by atoms with van der Waals surface area (Å²) in [5, 5.41) is 8.37. The Morgan fingerprint density at radius 1 is 1.24 bits per heavy atom. The van der Waals surface area contributed by atoms with Crippen LogP contribution in [0.1, 0.15) is 75.1 Å². The van der Waals surface area contributed by atoms with E-state index in [-0.39, 0.29) is 18.4 Å². The summed E-state index contributed by atoms with van der Waals surface area (Å²) in [7, 11) is 0. The fourth-order valence-electron chi connectivity index (χ4n) is 4.28. The van der Waals surface area contributed by atoms with Crippen LogP contribution in [-0.4, -0.2) is 42.3 Å². The van der Waals surface area contributed by atoms with Gasteiger partial charge in [0.1, 0.15) is 17.2 Å². The molecule has 0 aliphatic carbocycles. The molecule has 2 atom stereocenters. The Hall–Kier alpha value is -3.29. The minimum atomic E-state index is -0.538. The molecule has 0 bridgehead atoms.